The molecule has 0 aliphatic rings. The number of anilines is 1. The lowest BCUT2D eigenvalue weighted by molar-refractivity contribution is 0.763. The zero-order valence-corrected chi connectivity index (χ0v) is 15.1. The number of halogens is 1. The number of nitrogens with two attached hydrogens (primary N) is 1. The molecule has 0 aliphatic heterocycles. The molecule has 2 N–H and O–H groups in total. The standard InChI is InChI=1S/C16H15ClN4S2/c1-9-14(11-3-5-13(17)6-4-11)23-16(22)21(9)8-12-7-19-10(2)20-15(12)18/h3-7H,8H2,1-2H3,(H2,18,19,20). The summed E-state index contributed by atoms with van der Waals surface area (Å²) in [5.74, 6) is 1.16. The molecular formula is C16H15ClN4S2. The zero-order valence-electron chi connectivity index (χ0n) is 12.7. The van der Waals surface area contributed by atoms with Crippen molar-refractivity contribution < 1.29 is 0 Å². The SMILES string of the molecule is Cc1ncc(Cn2c(C)c(-c3ccc(Cl)cc3)sc2=S)c(N)n1. The van der Waals surface area contributed by atoms with Gasteiger partial charge in [-0.1, -0.05) is 23.7 Å². The number of aryl methyl sites for hydroxylation is 1. The molecule has 0 atom stereocenters. The summed E-state index contributed by atoms with van der Waals surface area (Å²) in [7, 11) is 0. The van der Waals surface area contributed by atoms with E-state index < -0.39 is 0 Å². The van der Waals surface area contributed by atoms with E-state index in [1.807, 2.05) is 31.2 Å². The van der Waals surface area contributed by atoms with Gasteiger partial charge >= 0.3 is 0 Å². The Kier molecular flexibility index (Phi) is 4.48. The number of nitrogens with zero attached hydrogens (tertiary/aromatic N) is 3. The van der Waals surface area contributed by atoms with Crippen molar-refractivity contribution in [1.29, 1.82) is 0 Å². The maximum absolute atomic E-state index is 5.99. The van der Waals surface area contributed by atoms with Gasteiger partial charge in [-0.25, -0.2) is 9.97 Å². The van der Waals surface area contributed by atoms with E-state index in [1.165, 1.54) is 0 Å². The van der Waals surface area contributed by atoms with Gasteiger partial charge in [-0.3, -0.25) is 0 Å². The molecule has 1 aromatic carbocycles. The molecule has 2 heterocycles. The second-order valence-corrected chi connectivity index (χ2v) is 7.28. The highest BCUT2D eigenvalue weighted by molar-refractivity contribution is 7.73. The highest BCUT2D eigenvalue weighted by atomic mass is 35.5. The molecule has 0 aliphatic carbocycles. The number of nitrogen functional groups attached to an aromatic ring is 1. The molecule has 3 aromatic rings. The summed E-state index contributed by atoms with van der Waals surface area (Å²) in [5, 5.41) is 0.721. The van der Waals surface area contributed by atoms with Crippen LogP contribution in [-0.4, -0.2) is 14.5 Å². The molecule has 0 radical (unpaired) electrons. The largest absolute Gasteiger partial charge is 0.383 e. The minimum Gasteiger partial charge on any atom is -0.383 e. The van der Waals surface area contributed by atoms with E-state index in [1.54, 1.807) is 17.5 Å². The van der Waals surface area contributed by atoms with Crippen LogP contribution in [-0.2, 0) is 6.54 Å². The molecule has 4 nitrogen and oxygen atoms in total. The molecule has 3 rings (SSSR count). The fourth-order valence-corrected chi connectivity index (χ4v) is 3.91. The normalized spacial score (nSPS) is 10.9. The van der Waals surface area contributed by atoms with E-state index in [9.17, 15) is 0 Å². The van der Waals surface area contributed by atoms with Crippen molar-refractivity contribution in [3.8, 4) is 10.4 Å². The van der Waals surface area contributed by atoms with Crippen LogP contribution in [0.25, 0.3) is 10.4 Å². The maximum Gasteiger partial charge on any atom is 0.162 e. The van der Waals surface area contributed by atoms with E-state index in [4.69, 9.17) is 29.6 Å². The maximum atomic E-state index is 5.99. The topological polar surface area (TPSA) is 56.7 Å². The van der Waals surface area contributed by atoms with Crippen molar-refractivity contribution in [2.75, 3.05) is 5.73 Å². The van der Waals surface area contributed by atoms with Gasteiger partial charge in [0.1, 0.15) is 11.6 Å². The lowest BCUT2D eigenvalue weighted by Crippen LogP contribution is -2.07. The highest BCUT2D eigenvalue weighted by Gasteiger charge is 2.13. The Labute approximate surface area is 148 Å². The molecule has 0 saturated carbocycles. The summed E-state index contributed by atoms with van der Waals surface area (Å²) in [4.78, 5) is 9.57. The lowest BCUT2D eigenvalue weighted by atomic mass is 10.1. The summed E-state index contributed by atoms with van der Waals surface area (Å²) >= 11 is 13.1. The minimum atomic E-state index is 0.498. The second-order valence-electron chi connectivity index (χ2n) is 5.20. The number of benzene rings is 1. The lowest BCUT2D eigenvalue weighted by Gasteiger charge is -2.09. The average molecular weight is 363 g/mol. The van der Waals surface area contributed by atoms with Gasteiger partial charge in [0, 0.05) is 22.5 Å². The van der Waals surface area contributed by atoms with Gasteiger partial charge in [0.25, 0.3) is 0 Å². The van der Waals surface area contributed by atoms with Gasteiger partial charge in [0.2, 0.25) is 0 Å². The fourth-order valence-electron chi connectivity index (χ4n) is 2.33. The van der Waals surface area contributed by atoms with Gasteiger partial charge in [0.05, 0.1) is 11.4 Å². The predicted octanol–water partition coefficient (Wildman–Crippen LogP) is 4.64. The molecule has 0 unspecified atom stereocenters. The number of rotatable bonds is 3. The molecule has 118 valence electrons. The highest BCUT2D eigenvalue weighted by Crippen LogP contribution is 2.32. The Balaban J connectivity index is 2.01. The second kappa shape index (κ2) is 6.39. The number of hydrogen-bond donors (Lipinski definition) is 1. The van der Waals surface area contributed by atoms with Crippen LogP contribution in [0.3, 0.4) is 0 Å². The fraction of sp³-hybridized carbons (Fsp3) is 0.188. The van der Waals surface area contributed by atoms with Gasteiger partial charge in [-0.05, 0) is 43.8 Å². The molecule has 0 fully saturated rings. The van der Waals surface area contributed by atoms with Crippen molar-refractivity contribution in [2.45, 2.75) is 20.4 Å². The molecule has 0 saturated heterocycles. The Morgan fingerprint density at radius 2 is 1.96 bits per heavy atom. The summed E-state index contributed by atoms with van der Waals surface area (Å²) in [6.07, 6.45) is 1.76. The molecule has 0 amide bonds. The van der Waals surface area contributed by atoms with Gasteiger partial charge in [-0.2, -0.15) is 0 Å². The van der Waals surface area contributed by atoms with Gasteiger partial charge in [0.15, 0.2) is 3.95 Å². The van der Waals surface area contributed by atoms with Crippen LogP contribution >= 0.6 is 35.2 Å². The van der Waals surface area contributed by atoms with E-state index in [2.05, 4.69) is 21.5 Å². The zero-order chi connectivity index (χ0) is 16.6. The van der Waals surface area contributed by atoms with Gasteiger partial charge in [-0.15, -0.1) is 11.3 Å². The molecule has 2 aromatic heterocycles. The summed E-state index contributed by atoms with van der Waals surface area (Å²) < 4.78 is 2.86. The Morgan fingerprint density at radius 1 is 1.26 bits per heavy atom. The van der Waals surface area contributed by atoms with Gasteiger partial charge < -0.3 is 10.3 Å². The van der Waals surface area contributed by atoms with Crippen LogP contribution in [0.4, 0.5) is 5.82 Å². The summed E-state index contributed by atoms with van der Waals surface area (Å²) in [6, 6.07) is 7.78. The predicted molar refractivity (Wildman–Crippen MR) is 98.6 cm³/mol. The summed E-state index contributed by atoms with van der Waals surface area (Å²) in [6.45, 7) is 4.45. The molecule has 23 heavy (non-hydrogen) atoms. The minimum absolute atomic E-state index is 0.498. The van der Waals surface area contributed by atoms with Crippen LogP contribution in [0.5, 0.6) is 0 Å². The number of hydrogen-bond acceptors (Lipinski definition) is 5. The van der Waals surface area contributed by atoms with E-state index in [-0.39, 0.29) is 0 Å². The van der Waals surface area contributed by atoms with Crippen molar-refractivity contribution in [3.05, 3.63) is 56.5 Å². The summed E-state index contributed by atoms with van der Waals surface area (Å²) in [5.41, 5.74) is 9.07. The first-order valence-electron chi connectivity index (χ1n) is 7.00. The van der Waals surface area contributed by atoms with E-state index in [0.29, 0.717) is 18.2 Å². The first-order chi connectivity index (χ1) is 11.0. The van der Waals surface area contributed by atoms with E-state index in [0.717, 1.165) is 30.7 Å². The van der Waals surface area contributed by atoms with Crippen molar-refractivity contribution >= 4 is 41.0 Å². The first-order valence-corrected chi connectivity index (χ1v) is 8.60. The van der Waals surface area contributed by atoms with Crippen molar-refractivity contribution in [1.82, 2.24) is 14.5 Å². The number of thiazole rings is 1. The third-order valence-corrected chi connectivity index (χ3v) is 5.45. The quantitative estimate of drug-likeness (QED) is 0.690. The third kappa shape index (κ3) is 3.29. The molecule has 0 spiro atoms. The van der Waals surface area contributed by atoms with Crippen LogP contribution < -0.4 is 5.73 Å². The van der Waals surface area contributed by atoms with Crippen LogP contribution in [0.1, 0.15) is 17.1 Å². The van der Waals surface area contributed by atoms with Crippen LogP contribution in [0.2, 0.25) is 5.02 Å². The van der Waals surface area contributed by atoms with E-state index >= 15 is 0 Å². The smallest absolute Gasteiger partial charge is 0.162 e. The Bertz CT molecular complexity index is 913. The Morgan fingerprint density at radius 3 is 2.61 bits per heavy atom. The Hall–Kier alpha value is -1.76. The molecular weight excluding hydrogens is 348 g/mol. The van der Waals surface area contributed by atoms with Crippen LogP contribution in [0.15, 0.2) is 30.5 Å². The van der Waals surface area contributed by atoms with Crippen LogP contribution in [0, 0.1) is 17.8 Å². The molecule has 0 bridgehead atoms. The monoisotopic (exact) mass is 362 g/mol. The average Bonchev–Trinajstić information content (AvgIpc) is 2.78. The third-order valence-electron chi connectivity index (χ3n) is 3.60. The molecule has 7 heteroatoms. The number of aromatic nitrogens is 3. The first kappa shape index (κ1) is 16.1. The van der Waals surface area contributed by atoms with Crippen molar-refractivity contribution in [3.63, 3.8) is 0 Å². The van der Waals surface area contributed by atoms with Crippen molar-refractivity contribution in [2.24, 2.45) is 0 Å².